The van der Waals surface area contributed by atoms with E-state index in [0.717, 1.165) is 5.92 Å². The highest BCUT2D eigenvalue weighted by Crippen LogP contribution is 2.17. The fourth-order valence-corrected chi connectivity index (χ4v) is 1.43. The van der Waals surface area contributed by atoms with Crippen LogP contribution in [0.2, 0.25) is 0 Å². The molecule has 2 atom stereocenters. The van der Waals surface area contributed by atoms with E-state index in [1.807, 2.05) is 0 Å². The maximum absolute atomic E-state index is 2.30. The van der Waals surface area contributed by atoms with Crippen molar-refractivity contribution in [3.63, 3.8) is 0 Å². The molecule has 1 rings (SSSR count). The van der Waals surface area contributed by atoms with Crippen LogP contribution in [0.25, 0.3) is 0 Å². The lowest BCUT2D eigenvalue weighted by molar-refractivity contribution is 0.287. The Morgan fingerprint density at radius 3 is 2.73 bits per heavy atom. The molecule has 0 spiro atoms. The standard InChI is InChI=1S/C10H17N/c1-4-9(2)10-7-5-6-8-11(10)3/h5-10H,4H2,1-3H3. The minimum atomic E-state index is 0.602. The summed E-state index contributed by atoms with van der Waals surface area (Å²) in [5.74, 6) is 0.751. The number of allylic oxidation sites excluding steroid dienone is 2. The van der Waals surface area contributed by atoms with E-state index in [-0.39, 0.29) is 0 Å². The first-order valence-corrected chi connectivity index (χ1v) is 4.32. The average molecular weight is 151 g/mol. The minimum absolute atomic E-state index is 0.602. The molecule has 0 saturated heterocycles. The summed E-state index contributed by atoms with van der Waals surface area (Å²) in [7, 11) is 2.14. The molecule has 1 aliphatic heterocycles. The highest BCUT2D eigenvalue weighted by Gasteiger charge is 2.16. The number of likely N-dealkylation sites (N-methyl/N-ethyl adjacent to an activating group) is 1. The van der Waals surface area contributed by atoms with Crippen molar-refractivity contribution in [1.29, 1.82) is 0 Å². The molecule has 0 amide bonds. The molecule has 0 aromatic rings. The van der Waals surface area contributed by atoms with Crippen LogP contribution in [0, 0.1) is 5.92 Å². The summed E-state index contributed by atoms with van der Waals surface area (Å²) < 4.78 is 0. The summed E-state index contributed by atoms with van der Waals surface area (Å²) in [6.45, 7) is 4.54. The molecule has 0 saturated carbocycles. The van der Waals surface area contributed by atoms with Gasteiger partial charge in [-0.2, -0.15) is 0 Å². The van der Waals surface area contributed by atoms with Gasteiger partial charge in [-0.1, -0.05) is 32.4 Å². The highest BCUT2D eigenvalue weighted by atomic mass is 15.1. The van der Waals surface area contributed by atoms with Crippen molar-refractivity contribution in [2.45, 2.75) is 26.3 Å². The molecule has 1 aliphatic rings. The number of nitrogens with zero attached hydrogens (tertiary/aromatic N) is 1. The van der Waals surface area contributed by atoms with E-state index >= 15 is 0 Å². The van der Waals surface area contributed by atoms with Gasteiger partial charge in [0.05, 0.1) is 0 Å². The van der Waals surface area contributed by atoms with Crippen LogP contribution in [-0.4, -0.2) is 18.0 Å². The summed E-state index contributed by atoms with van der Waals surface area (Å²) in [6, 6.07) is 0.602. The lowest BCUT2D eigenvalue weighted by Gasteiger charge is -2.30. The molecule has 0 aliphatic carbocycles. The van der Waals surface area contributed by atoms with Crippen LogP contribution in [0.15, 0.2) is 24.4 Å². The molecular weight excluding hydrogens is 134 g/mol. The van der Waals surface area contributed by atoms with Crippen LogP contribution in [-0.2, 0) is 0 Å². The van der Waals surface area contributed by atoms with Gasteiger partial charge in [-0.15, -0.1) is 0 Å². The van der Waals surface area contributed by atoms with Crippen molar-refractivity contribution < 1.29 is 0 Å². The van der Waals surface area contributed by atoms with Crippen LogP contribution >= 0.6 is 0 Å². The van der Waals surface area contributed by atoms with Crippen LogP contribution in [0.4, 0.5) is 0 Å². The van der Waals surface area contributed by atoms with E-state index in [9.17, 15) is 0 Å². The minimum Gasteiger partial charge on any atom is -0.374 e. The topological polar surface area (TPSA) is 3.24 Å². The number of rotatable bonds is 2. The van der Waals surface area contributed by atoms with E-state index in [1.165, 1.54) is 6.42 Å². The van der Waals surface area contributed by atoms with Crippen LogP contribution in [0.3, 0.4) is 0 Å². The van der Waals surface area contributed by atoms with Gasteiger partial charge in [-0.25, -0.2) is 0 Å². The van der Waals surface area contributed by atoms with Crippen LogP contribution in [0.5, 0.6) is 0 Å². The van der Waals surface area contributed by atoms with Gasteiger partial charge in [0.25, 0.3) is 0 Å². The summed E-state index contributed by atoms with van der Waals surface area (Å²) in [5, 5.41) is 0. The van der Waals surface area contributed by atoms with Crippen molar-refractivity contribution >= 4 is 0 Å². The molecule has 1 heteroatoms. The quantitative estimate of drug-likeness (QED) is 0.586. The Morgan fingerprint density at radius 2 is 2.18 bits per heavy atom. The van der Waals surface area contributed by atoms with Gasteiger partial charge in [0.15, 0.2) is 0 Å². The third-order valence-corrected chi connectivity index (χ3v) is 2.44. The van der Waals surface area contributed by atoms with Gasteiger partial charge in [0.2, 0.25) is 0 Å². The molecule has 11 heavy (non-hydrogen) atoms. The SMILES string of the molecule is CCC(C)C1C=CC=CN1C. The smallest absolute Gasteiger partial charge is 0.0492 e. The Labute approximate surface area is 69.4 Å². The van der Waals surface area contributed by atoms with Gasteiger partial charge >= 0.3 is 0 Å². The zero-order valence-corrected chi connectivity index (χ0v) is 7.62. The van der Waals surface area contributed by atoms with Gasteiger partial charge < -0.3 is 4.90 Å². The third kappa shape index (κ3) is 1.86. The molecule has 0 radical (unpaired) electrons. The second-order valence-electron chi connectivity index (χ2n) is 3.27. The number of hydrogen-bond donors (Lipinski definition) is 0. The summed E-state index contributed by atoms with van der Waals surface area (Å²) in [4.78, 5) is 2.27. The highest BCUT2D eigenvalue weighted by molar-refractivity contribution is 5.13. The maximum atomic E-state index is 2.30. The Kier molecular flexibility index (Phi) is 2.75. The molecule has 0 bridgehead atoms. The average Bonchev–Trinajstić information content (AvgIpc) is 2.04. The van der Waals surface area contributed by atoms with E-state index < -0.39 is 0 Å². The fraction of sp³-hybridized carbons (Fsp3) is 0.600. The number of hydrogen-bond acceptors (Lipinski definition) is 1. The molecule has 0 aromatic carbocycles. The van der Waals surface area contributed by atoms with Crippen LogP contribution in [0.1, 0.15) is 20.3 Å². The van der Waals surface area contributed by atoms with Crippen molar-refractivity contribution in [2.24, 2.45) is 5.92 Å². The van der Waals surface area contributed by atoms with Gasteiger partial charge in [0, 0.05) is 13.1 Å². The Bertz CT molecular complexity index is 170. The molecule has 62 valence electrons. The predicted octanol–water partition coefficient (Wildman–Crippen LogP) is 2.42. The summed E-state index contributed by atoms with van der Waals surface area (Å²) in [6.07, 6.45) is 9.87. The molecule has 1 heterocycles. The van der Waals surface area contributed by atoms with Gasteiger partial charge in [-0.05, 0) is 18.2 Å². The summed E-state index contributed by atoms with van der Waals surface area (Å²) >= 11 is 0. The van der Waals surface area contributed by atoms with Crippen molar-refractivity contribution in [1.82, 2.24) is 4.90 Å². The monoisotopic (exact) mass is 151 g/mol. The van der Waals surface area contributed by atoms with Gasteiger partial charge in [-0.3, -0.25) is 0 Å². The van der Waals surface area contributed by atoms with Gasteiger partial charge in [0.1, 0.15) is 0 Å². The second-order valence-corrected chi connectivity index (χ2v) is 3.27. The lowest BCUT2D eigenvalue weighted by Crippen LogP contribution is -2.32. The summed E-state index contributed by atoms with van der Waals surface area (Å²) in [5.41, 5.74) is 0. The molecule has 0 fully saturated rings. The normalized spacial score (nSPS) is 25.7. The Balaban J connectivity index is 2.58. The lowest BCUT2D eigenvalue weighted by atomic mass is 9.96. The van der Waals surface area contributed by atoms with E-state index in [2.05, 4.69) is 50.2 Å². The second kappa shape index (κ2) is 3.61. The molecule has 0 N–H and O–H groups in total. The first kappa shape index (κ1) is 8.38. The Hall–Kier alpha value is -0.720. The fourth-order valence-electron chi connectivity index (χ4n) is 1.43. The van der Waals surface area contributed by atoms with E-state index in [4.69, 9.17) is 0 Å². The van der Waals surface area contributed by atoms with Crippen molar-refractivity contribution in [2.75, 3.05) is 7.05 Å². The molecular formula is C10H17N. The van der Waals surface area contributed by atoms with Crippen LogP contribution < -0.4 is 0 Å². The zero-order chi connectivity index (χ0) is 8.27. The maximum Gasteiger partial charge on any atom is 0.0492 e. The first-order chi connectivity index (χ1) is 5.25. The molecule has 1 nitrogen and oxygen atoms in total. The predicted molar refractivity (Wildman–Crippen MR) is 49.3 cm³/mol. The first-order valence-electron chi connectivity index (χ1n) is 4.32. The van der Waals surface area contributed by atoms with E-state index in [1.54, 1.807) is 0 Å². The molecule has 0 aromatic heterocycles. The van der Waals surface area contributed by atoms with Crippen molar-refractivity contribution in [3.05, 3.63) is 24.4 Å². The van der Waals surface area contributed by atoms with E-state index in [0.29, 0.717) is 6.04 Å². The largest absolute Gasteiger partial charge is 0.374 e. The van der Waals surface area contributed by atoms with Crippen molar-refractivity contribution in [3.8, 4) is 0 Å². The third-order valence-electron chi connectivity index (χ3n) is 2.44. The Morgan fingerprint density at radius 1 is 1.45 bits per heavy atom. The molecule has 2 unspecified atom stereocenters. The zero-order valence-electron chi connectivity index (χ0n) is 7.62.